The second kappa shape index (κ2) is 8.81. The Hall–Kier alpha value is -1.22. The maximum Gasteiger partial charge on any atom is 0.220 e. The van der Waals surface area contributed by atoms with Crippen LogP contribution in [0.25, 0.3) is 0 Å². The number of halogens is 1. The van der Waals surface area contributed by atoms with Crippen LogP contribution in [-0.4, -0.2) is 25.4 Å². The van der Waals surface area contributed by atoms with Crippen LogP contribution in [0.2, 0.25) is 0 Å². The summed E-state index contributed by atoms with van der Waals surface area (Å²) in [5, 5.41) is 2.90. The molecule has 0 aliphatic rings. The van der Waals surface area contributed by atoms with Gasteiger partial charge in [0.1, 0.15) is 5.75 Å². The van der Waals surface area contributed by atoms with E-state index in [1.165, 1.54) is 0 Å². The van der Waals surface area contributed by atoms with Crippen LogP contribution in [0, 0.1) is 0 Å². The van der Waals surface area contributed by atoms with Gasteiger partial charge in [-0.25, -0.2) is 0 Å². The summed E-state index contributed by atoms with van der Waals surface area (Å²) in [4.78, 5) is 11.5. The van der Waals surface area contributed by atoms with Gasteiger partial charge < -0.3 is 10.1 Å². The van der Waals surface area contributed by atoms with Crippen LogP contribution in [-0.2, 0) is 11.2 Å². The Morgan fingerprint density at radius 2 is 2.22 bits per heavy atom. The van der Waals surface area contributed by atoms with Crippen LogP contribution >= 0.6 is 11.6 Å². The molecule has 100 valence electrons. The van der Waals surface area contributed by atoms with Crippen molar-refractivity contribution >= 4 is 17.5 Å². The molecule has 0 fully saturated rings. The molecule has 0 aliphatic heterocycles. The van der Waals surface area contributed by atoms with E-state index in [1.807, 2.05) is 24.3 Å². The summed E-state index contributed by atoms with van der Waals surface area (Å²) in [5.74, 6) is 1.57. The van der Waals surface area contributed by atoms with Gasteiger partial charge in [-0.15, -0.1) is 11.6 Å². The van der Waals surface area contributed by atoms with Gasteiger partial charge in [-0.2, -0.15) is 0 Å². The van der Waals surface area contributed by atoms with Gasteiger partial charge in [0.15, 0.2) is 0 Å². The number of alkyl halides is 1. The van der Waals surface area contributed by atoms with Gasteiger partial charge in [-0.1, -0.05) is 12.1 Å². The van der Waals surface area contributed by atoms with Crippen LogP contribution in [0.15, 0.2) is 24.3 Å². The first-order valence-corrected chi connectivity index (χ1v) is 6.75. The Balaban J connectivity index is 2.22. The summed E-state index contributed by atoms with van der Waals surface area (Å²) in [6.07, 6.45) is 3.13. The average Bonchev–Trinajstić information content (AvgIpc) is 2.39. The van der Waals surface area contributed by atoms with Crippen molar-refractivity contribution in [3.8, 4) is 5.75 Å². The first-order valence-electron chi connectivity index (χ1n) is 6.22. The largest absolute Gasteiger partial charge is 0.497 e. The van der Waals surface area contributed by atoms with E-state index in [0.717, 1.165) is 30.6 Å². The third kappa shape index (κ3) is 5.92. The minimum absolute atomic E-state index is 0.100. The molecule has 1 amide bonds. The molecule has 1 rings (SSSR count). The van der Waals surface area contributed by atoms with E-state index < -0.39 is 0 Å². The van der Waals surface area contributed by atoms with Gasteiger partial charge in [0.25, 0.3) is 0 Å². The Kier molecular flexibility index (Phi) is 7.26. The minimum atomic E-state index is 0.100. The van der Waals surface area contributed by atoms with Crippen molar-refractivity contribution in [3.05, 3.63) is 29.8 Å². The van der Waals surface area contributed by atoms with E-state index in [2.05, 4.69) is 5.32 Å². The van der Waals surface area contributed by atoms with E-state index in [0.29, 0.717) is 18.8 Å². The minimum Gasteiger partial charge on any atom is -0.497 e. The molecule has 0 spiro atoms. The molecule has 3 nitrogen and oxygen atoms in total. The normalized spacial score (nSPS) is 10.1. The topological polar surface area (TPSA) is 38.3 Å². The third-order valence-corrected chi connectivity index (χ3v) is 2.92. The molecule has 0 saturated heterocycles. The fraction of sp³-hybridized carbons (Fsp3) is 0.500. The lowest BCUT2D eigenvalue weighted by molar-refractivity contribution is -0.121. The highest BCUT2D eigenvalue weighted by Crippen LogP contribution is 2.12. The van der Waals surface area contributed by atoms with Gasteiger partial charge in [0.05, 0.1) is 7.11 Å². The molecule has 0 heterocycles. The van der Waals surface area contributed by atoms with Crippen molar-refractivity contribution < 1.29 is 9.53 Å². The first-order chi connectivity index (χ1) is 8.76. The molecule has 1 N–H and O–H groups in total. The number of nitrogens with one attached hydrogen (secondary N) is 1. The van der Waals surface area contributed by atoms with E-state index in [1.54, 1.807) is 7.11 Å². The summed E-state index contributed by atoms with van der Waals surface area (Å²) in [6.45, 7) is 0.660. The highest BCUT2D eigenvalue weighted by Gasteiger charge is 2.01. The molecule has 4 heteroatoms. The van der Waals surface area contributed by atoms with Gasteiger partial charge >= 0.3 is 0 Å². The molecule has 1 aromatic rings. The molecular weight excluding hydrogens is 250 g/mol. The van der Waals surface area contributed by atoms with Crippen LogP contribution in [0.1, 0.15) is 24.8 Å². The Bertz CT molecular complexity index is 369. The number of benzene rings is 1. The summed E-state index contributed by atoms with van der Waals surface area (Å²) in [6, 6.07) is 7.88. The number of carbonyl (C=O) groups is 1. The fourth-order valence-corrected chi connectivity index (χ4v) is 1.83. The maximum atomic E-state index is 11.5. The molecule has 0 atom stereocenters. The predicted molar refractivity (Wildman–Crippen MR) is 74.3 cm³/mol. The quantitative estimate of drug-likeness (QED) is 0.582. The molecule has 0 unspecified atom stereocenters. The van der Waals surface area contributed by atoms with Crippen molar-refractivity contribution in [2.45, 2.75) is 25.7 Å². The highest BCUT2D eigenvalue weighted by atomic mass is 35.5. The summed E-state index contributed by atoms with van der Waals surface area (Å²) in [5.41, 5.74) is 1.16. The number of amides is 1. The number of hydrogen-bond acceptors (Lipinski definition) is 2. The lowest BCUT2D eigenvalue weighted by Gasteiger charge is -2.06. The van der Waals surface area contributed by atoms with Gasteiger partial charge in [-0.05, 0) is 37.0 Å². The van der Waals surface area contributed by atoms with Crippen molar-refractivity contribution in [3.63, 3.8) is 0 Å². The number of ether oxygens (including phenoxy) is 1. The van der Waals surface area contributed by atoms with Gasteiger partial charge in [0.2, 0.25) is 5.91 Å². The first kappa shape index (κ1) is 14.8. The van der Waals surface area contributed by atoms with Crippen molar-refractivity contribution in [1.82, 2.24) is 5.32 Å². The molecule has 0 bridgehead atoms. The molecule has 18 heavy (non-hydrogen) atoms. The Morgan fingerprint density at radius 1 is 1.39 bits per heavy atom. The van der Waals surface area contributed by atoms with E-state index in [-0.39, 0.29) is 5.91 Å². The summed E-state index contributed by atoms with van der Waals surface area (Å²) >= 11 is 5.55. The SMILES string of the molecule is COc1cccc(CCNC(=O)CCCCCl)c1. The molecule has 0 radical (unpaired) electrons. The Morgan fingerprint density at radius 3 is 2.94 bits per heavy atom. The number of unbranched alkanes of at least 4 members (excludes halogenated alkanes) is 1. The Labute approximate surface area is 113 Å². The molecule has 0 aliphatic carbocycles. The van der Waals surface area contributed by atoms with Crippen molar-refractivity contribution in [1.29, 1.82) is 0 Å². The third-order valence-electron chi connectivity index (χ3n) is 2.66. The number of rotatable bonds is 8. The van der Waals surface area contributed by atoms with Crippen molar-refractivity contribution in [2.75, 3.05) is 19.5 Å². The van der Waals surface area contributed by atoms with Crippen LogP contribution in [0.5, 0.6) is 5.75 Å². The number of hydrogen-bond donors (Lipinski definition) is 1. The lowest BCUT2D eigenvalue weighted by atomic mass is 10.1. The van der Waals surface area contributed by atoms with Crippen LogP contribution < -0.4 is 10.1 Å². The fourth-order valence-electron chi connectivity index (χ4n) is 1.64. The van der Waals surface area contributed by atoms with Gasteiger partial charge in [0, 0.05) is 18.8 Å². The highest BCUT2D eigenvalue weighted by molar-refractivity contribution is 6.17. The summed E-state index contributed by atoms with van der Waals surface area (Å²) < 4.78 is 5.15. The van der Waals surface area contributed by atoms with E-state index >= 15 is 0 Å². The standard InChI is InChI=1S/C14H20ClNO2/c1-18-13-6-4-5-12(11-13)8-10-16-14(17)7-2-3-9-15/h4-6,11H,2-3,7-10H2,1H3,(H,16,17). The van der Waals surface area contributed by atoms with E-state index in [9.17, 15) is 4.79 Å². The zero-order valence-corrected chi connectivity index (χ0v) is 11.5. The second-order valence-corrected chi connectivity index (χ2v) is 4.48. The summed E-state index contributed by atoms with van der Waals surface area (Å²) in [7, 11) is 1.65. The lowest BCUT2D eigenvalue weighted by Crippen LogP contribution is -2.25. The molecule has 1 aromatic carbocycles. The van der Waals surface area contributed by atoms with Crippen molar-refractivity contribution in [2.24, 2.45) is 0 Å². The predicted octanol–water partition coefficient (Wildman–Crippen LogP) is 2.76. The van der Waals surface area contributed by atoms with E-state index in [4.69, 9.17) is 16.3 Å². The number of methoxy groups -OCH3 is 1. The zero-order valence-electron chi connectivity index (χ0n) is 10.7. The molecule has 0 aromatic heterocycles. The molecule has 0 saturated carbocycles. The zero-order chi connectivity index (χ0) is 13.2. The average molecular weight is 270 g/mol. The number of carbonyl (C=O) groups excluding carboxylic acids is 1. The van der Waals surface area contributed by atoms with Crippen LogP contribution in [0.4, 0.5) is 0 Å². The smallest absolute Gasteiger partial charge is 0.220 e. The second-order valence-electron chi connectivity index (χ2n) is 4.10. The molecular formula is C14H20ClNO2. The van der Waals surface area contributed by atoms with Crippen LogP contribution in [0.3, 0.4) is 0 Å². The maximum absolute atomic E-state index is 11.5. The monoisotopic (exact) mass is 269 g/mol. The van der Waals surface area contributed by atoms with Gasteiger partial charge in [-0.3, -0.25) is 4.79 Å².